The van der Waals surface area contributed by atoms with Crippen LogP contribution in [0, 0.1) is 6.92 Å². The molecule has 0 heterocycles. The Morgan fingerprint density at radius 1 is 1.56 bits per heavy atom. The van der Waals surface area contributed by atoms with Crippen LogP contribution in [0.1, 0.15) is 17.5 Å². The van der Waals surface area contributed by atoms with Gasteiger partial charge >= 0.3 is 0 Å². The Hall–Kier alpha value is -1.81. The molecule has 0 spiro atoms. The number of nitrogens with one attached hydrogen (secondary N) is 1. The van der Waals surface area contributed by atoms with Crippen molar-refractivity contribution in [2.24, 2.45) is 0 Å². The van der Waals surface area contributed by atoms with Gasteiger partial charge in [0.05, 0.1) is 6.61 Å². The summed E-state index contributed by atoms with van der Waals surface area (Å²) in [6.45, 7) is 6.45. The van der Waals surface area contributed by atoms with E-state index in [1.807, 2.05) is 25.1 Å². The minimum absolute atomic E-state index is 0.130. The molecule has 0 fully saturated rings. The highest BCUT2D eigenvalue weighted by molar-refractivity contribution is 5.86. The first kappa shape index (κ1) is 14.3. The van der Waals surface area contributed by atoms with Crippen molar-refractivity contribution in [3.63, 3.8) is 0 Å². The number of benzene rings is 1. The first-order valence-electron chi connectivity index (χ1n) is 5.91. The number of hydrogen-bond donors (Lipinski definition) is 2. The van der Waals surface area contributed by atoms with Crippen LogP contribution in [0.25, 0.3) is 0 Å². The molecule has 1 aromatic rings. The van der Waals surface area contributed by atoms with Gasteiger partial charge in [-0.3, -0.25) is 4.79 Å². The molecule has 0 radical (unpaired) electrons. The predicted octanol–water partition coefficient (Wildman–Crippen LogP) is 1.56. The van der Waals surface area contributed by atoms with Gasteiger partial charge in [-0.15, -0.1) is 0 Å². The second-order valence-electron chi connectivity index (χ2n) is 3.95. The minimum Gasteiger partial charge on any atom is -0.493 e. The fourth-order valence-corrected chi connectivity index (χ4v) is 1.49. The molecule has 0 aliphatic heterocycles. The molecule has 0 aromatic heterocycles. The predicted molar refractivity (Wildman–Crippen MR) is 70.4 cm³/mol. The monoisotopic (exact) mass is 249 g/mol. The van der Waals surface area contributed by atoms with E-state index in [0.717, 1.165) is 16.9 Å². The summed E-state index contributed by atoms with van der Waals surface area (Å²) in [5, 5.41) is 11.4. The number of aryl methyl sites for hydroxylation is 1. The van der Waals surface area contributed by atoms with Crippen LogP contribution in [-0.2, 0) is 11.3 Å². The first-order chi connectivity index (χ1) is 8.67. The summed E-state index contributed by atoms with van der Waals surface area (Å²) in [6.07, 6.45) is 1.87. The maximum absolute atomic E-state index is 11.0. The van der Waals surface area contributed by atoms with Gasteiger partial charge in [0, 0.05) is 19.6 Å². The average molecular weight is 249 g/mol. The van der Waals surface area contributed by atoms with Gasteiger partial charge in [-0.2, -0.15) is 0 Å². The largest absolute Gasteiger partial charge is 0.493 e. The summed E-state index contributed by atoms with van der Waals surface area (Å²) < 4.78 is 5.52. The minimum atomic E-state index is -0.184. The second kappa shape index (κ2) is 7.50. The SMILES string of the molecule is C=CC(=O)NCc1ccc(OCCCO)c(C)c1. The summed E-state index contributed by atoms with van der Waals surface area (Å²) in [5.74, 6) is 0.623. The van der Waals surface area contributed by atoms with E-state index in [9.17, 15) is 4.79 Å². The van der Waals surface area contributed by atoms with E-state index < -0.39 is 0 Å². The number of rotatable bonds is 7. The van der Waals surface area contributed by atoms with Crippen molar-refractivity contribution in [3.05, 3.63) is 42.0 Å². The number of carbonyl (C=O) groups excluding carboxylic acids is 1. The van der Waals surface area contributed by atoms with Gasteiger partial charge in [0.15, 0.2) is 0 Å². The molecular formula is C14H19NO3. The molecule has 0 aliphatic carbocycles. The lowest BCUT2D eigenvalue weighted by atomic mass is 10.1. The van der Waals surface area contributed by atoms with Crippen LogP contribution in [0.15, 0.2) is 30.9 Å². The molecule has 1 aromatic carbocycles. The number of aliphatic hydroxyl groups excluding tert-OH is 1. The molecule has 0 unspecified atom stereocenters. The lowest BCUT2D eigenvalue weighted by molar-refractivity contribution is -0.116. The topological polar surface area (TPSA) is 58.6 Å². The fraction of sp³-hybridized carbons (Fsp3) is 0.357. The van der Waals surface area contributed by atoms with E-state index in [1.54, 1.807) is 0 Å². The van der Waals surface area contributed by atoms with Crippen LogP contribution >= 0.6 is 0 Å². The molecule has 0 atom stereocenters. The van der Waals surface area contributed by atoms with Gasteiger partial charge < -0.3 is 15.2 Å². The molecule has 4 heteroatoms. The van der Waals surface area contributed by atoms with Crippen LogP contribution < -0.4 is 10.1 Å². The Kier molecular flexibility index (Phi) is 5.94. The lowest BCUT2D eigenvalue weighted by Gasteiger charge is -2.10. The number of ether oxygens (including phenoxy) is 1. The zero-order chi connectivity index (χ0) is 13.4. The molecule has 4 nitrogen and oxygen atoms in total. The highest BCUT2D eigenvalue weighted by Gasteiger charge is 2.02. The van der Waals surface area contributed by atoms with E-state index in [2.05, 4.69) is 11.9 Å². The zero-order valence-corrected chi connectivity index (χ0v) is 10.6. The van der Waals surface area contributed by atoms with Crippen molar-refractivity contribution >= 4 is 5.91 Å². The summed E-state index contributed by atoms with van der Waals surface area (Å²) in [6, 6.07) is 5.75. The molecule has 1 rings (SSSR count). The summed E-state index contributed by atoms with van der Waals surface area (Å²) in [5.41, 5.74) is 2.02. The van der Waals surface area contributed by atoms with Gasteiger partial charge in [-0.05, 0) is 30.2 Å². The Balaban J connectivity index is 2.55. The Bertz CT molecular complexity index is 416. The molecule has 1 amide bonds. The van der Waals surface area contributed by atoms with Crippen molar-refractivity contribution in [2.45, 2.75) is 19.9 Å². The molecule has 18 heavy (non-hydrogen) atoms. The van der Waals surface area contributed by atoms with E-state index in [4.69, 9.17) is 9.84 Å². The molecule has 0 saturated carbocycles. The average Bonchev–Trinajstić information content (AvgIpc) is 2.38. The van der Waals surface area contributed by atoms with Gasteiger partial charge in [0.1, 0.15) is 5.75 Å². The number of amides is 1. The van der Waals surface area contributed by atoms with Gasteiger partial charge in [-0.25, -0.2) is 0 Å². The summed E-state index contributed by atoms with van der Waals surface area (Å²) >= 11 is 0. The standard InChI is InChI=1S/C14H19NO3/c1-3-14(17)15-10-12-5-6-13(11(2)9-12)18-8-4-7-16/h3,5-6,9,16H,1,4,7-8,10H2,2H3,(H,15,17). The van der Waals surface area contributed by atoms with E-state index in [1.165, 1.54) is 6.08 Å². The summed E-state index contributed by atoms with van der Waals surface area (Å²) in [7, 11) is 0. The third-order valence-corrected chi connectivity index (χ3v) is 2.45. The van der Waals surface area contributed by atoms with Crippen LogP contribution in [0.2, 0.25) is 0 Å². The molecule has 98 valence electrons. The van der Waals surface area contributed by atoms with Crippen molar-refractivity contribution in [1.29, 1.82) is 0 Å². The third kappa shape index (κ3) is 4.59. The van der Waals surface area contributed by atoms with Gasteiger partial charge in [0.2, 0.25) is 5.91 Å². The molecule has 0 bridgehead atoms. The Morgan fingerprint density at radius 2 is 2.33 bits per heavy atom. The highest BCUT2D eigenvalue weighted by atomic mass is 16.5. The van der Waals surface area contributed by atoms with Gasteiger partial charge in [-0.1, -0.05) is 18.7 Å². The van der Waals surface area contributed by atoms with E-state index >= 15 is 0 Å². The van der Waals surface area contributed by atoms with Crippen LogP contribution in [0.4, 0.5) is 0 Å². The van der Waals surface area contributed by atoms with Crippen LogP contribution in [0.5, 0.6) is 5.75 Å². The van der Waals surface area contributed by atoms with Crippen molar-refractivity contribution in [3.8, 4) is 5.75 Å². The third-order valence-electron chi connectivity index (χ3n) is 2.45. The quantitative estimate of drug-likeness (QED) is 0.569. The fourth-order valence-electron chi connectivity index (χ4n) is 1.49. The molecule has 0 aliphatic rings. The van der Waals surface area contributed by atoms with Crippen LogP contribution in [0.3, 0.4) is 0 Å². The van der Waals surface area contributed by atoms with Crippen molar-refractivity contribution in [1.82, 2.24) is 5.32 Å². The van der Waals surface area contributed by atoms with Crippen molar-refractivity contribution < 1.29 is 14.6 Å². The maximum Gasteiger partial charge on any atom is 0.243 e. The number of aliphatic hydroxyl groups is 1. The second-order valence-corrected chi connectivity index (χ2v) is 3.95. The smallest absolute Gasteiger partial charge is 0.243 e. The number of carbonyl (C=O) groups is 1. The summed E-state index contributed by atoms with van der Waals surface area (Å²) in [4.78, 5) is 11.0. The molecule has 2 N–H and O–H groups in total. The van der Waals surface area contributed by atoms with Gasteiger partial charge in [0.25, 0.3) is 0 Å². The van der Waals surface area contributed by atoms with Crippen LogP contribution in [-0.4, -0.2) is 24.2 Å². The Morgan fingerprint density at radius 3 is 2.94 bits per heavy atom. The lowest BCUT2D eigenvalue weighted by Crippen LogP contribution is -2.19. The normalized spacial score (nSPS) is 9.89. The van der Waals surface area contributed by atoms with E-state index in [0.29, 0.717) is 19.6 Å². The highest BCUT2D eigenvalue weighted by Crippen LogP contribution is 2.19. The molecule has 0 saturated heterocycles. The molecular weight excluding hydrogens is 230 g/mol. The Labute approximate surface area is 107 Å². The van der Waals surface area contributed by atoms with E-state index in [-0.39, 0.29) is 12.5 Å². The number of hydrogen-bond acceptors (Lipinski definition) is 3. The van der Waals surface area contributed by atoms with Crippen molar-refractivity contribution in [2.75, 3.05) is 13.2 Å². The first-order valence-corrected chi connectivity index (χ1v) is 5.91. The zero-order valence-electron chi connectivity index (χ0n) is 10.6. The maximum atomic E-state index is 11.0.